The number of nitrogens with one attached hydrogen (secondary N) is 2. The minimum atomic E-state index is -0.899. The molecule has 5 rings (SSSR count). The molecule has 1 unspecified atom stereocenters. The maximum Gasteiger partial charge on any atom is 0.271 e. The number of fused-ring (bicyclic) bond motifs is 1. The molecule has 1 fully saturated rings. The molecule has 0 saturated carbocycles. The van der Waals surface area contributed by atoms with E-state index in [0.29, 0.717) is 19.5 Å². The molecule has 3 heterocycles. The van der Waals surface area contributed by atoms with Crippen LogP contribution in [0.1, 0.15) is 45.4 Å². The summed E-state index contributed by atoms with van der Waals surface area (Å²) in [6.45, 7) is 1.28. The largest absolute Gasteiger partial charge is 0.508 e. The molecule has 4 aromatic rings. The molecule has 0 radical (unpaired) electrons. The van der Waals surface area contributed by atoms with Crippen LogP contribution in [0.25, 0.3) is 10.9 Å². The Labute approximate surface area is 223 Å². The lowest BCUT2D eigenvalue weighted by molar-refractivity contribution is -0.131. The van der Waals surface area contributed by atoms with E-state index >= 15 is 0 Å². The van der Waals surface area contributed by atoms with Gasteiger partial charge in [0.1, 0.15) is 17.5 Å². The summed E-state index contributed by atoms with van der Waals surface area (Å²) in [5.41, 5.74) is 8.56. The van der Waals surface area contributed by atoms with Crippen LogP contribution in [0.15, 0.2) is 60.1 Å². The number of hydrogen-bond acceptors (Lipinski definition) is 6. The van der Waals surface area contributed by atoms with E-state index in [0.717, 1.165) is 39.9 Å². The van der Waals surface area contributed by atoms with Crippen molar-refractivity contribution in [2.75, 3.05) is 13.1 Å². The van der Waals surface area contributed by atoms with Crippen LogP contribution < -0.4 is 11.1 Å². The lowest BCUT2D eigenvalue weighted by Gasteiger charge is -2.31. The number of carbonyl (C=O) groups is 3. The van der Waals surface area contributed by atoms with Gasteiger partial charge in [0.15, 0.2) is 0 Å². The highest BCUT2D eigenvalue weighted by molar-refractivity contribution is 7.09. The third kappa shape index (κ3) is 5.70. The summed E-state index contributed by atoms with van der Waals surface area (Å²) < 4.78 is 0. The summed E-state index contributed by atoms with van der Waals surface area (Å²) in [4.78, 5) is 47.4. The molecule has 0 bridgehead atoms. The summed E-state index contributed by atoms with van der Waals surface area (Å²) in [6.07, 6.45) is 4.04. The standard InChI is InChI=1S/C28H29N5O4S/c29-26(36)23(13-17-5-7-20(34)8-6-17)31-27(37)24-16-38-28(32-24)18-9-11-33(12-10-18)25(35)14-19-15-30-22-4-2-1-3-21(19)22/h1-8,15-16,18,23,30,34H,9-14H2,(H2,29,36)(H,31,37). The number of H-pyrrole nitrogens is 1. The van der Waals surface area contributed by atoms with Gasteiger partial charge in [0, 0.05) is 47.9 Å². The molecule has 0 aliphatic carbocycles. The second-order valence-corrected chi connectivity index (χ2v) is 10.5. The zero-order chi connectivity index (χ0) is 26.6. The maximum atomic E-state index is 12.9. The van der Waals surface area contributed by atoms with Crippen molar-refractivity contribution < 1.29 is 19.5 Å². The molecule has 1 atom stereocenters. The number of likely N-dealkylation sites (tertiary alicyclic amines) is 1. The minimum absolute atomic E-state index is 0.110. The second kappa shape index (κ2) is 11.1. The number of hydrogen-bond donors (Lipinski definition) is 4. The first-order valence-electron chi connectivity index (χ1n) is 12.5. The first-order chi connectivity index (χ1) is 18.4. The number of piperidine rings is 1. The van der Waals surface area contributed by atoms with Crippen LogP contribution in [0.3, 0.4) is 0 Å². The molecule has 1 aliphatic rings. The van der Waals surface area contributed by atoms with Crippen LogP contribution in [-0.4, -0.2) is 56.8 Å². The number of primary amides is 1. The predicted molar refractivity (Wildman–Crippen MR) is 145 cm³/mol. The number of thiazole rings is 1. The zero-order valence-corrected chi connectivity index (χ0v) is 21.5. The Balaban J connectivity index is 1.15. The van der Waals surface area contributed by atoms with E-state index in [2.05, 4.69) is 15.3 Å². The van der Waals surface area contributed by atoms with Crippen LogP contribution >= 0.6 is 11.3 Å². The normalized spacial score (nSPS) is 14.9. The molecule has 1 aliphatic heterocycles. The van der Waals surface area contributed by atoms with Crippen molar-refractivity contribution in [1.82, 2.24) is 20.2 Å². The van der Waals surface area contributed by atoms with Gasteiger partial charge in [0.05, 0.1) is 11.4 Å². The van der Waals surface area contributed by atoms with Gasteiger partial charge in [-0.25, -0.2) is 4.98 Å². The first kappa shape index (κ1) is 25.5. The molecule has 1 saturated heterocycles. The molecule has 196 valence electrons. The van der Waals surface area contributed by atoms with E-state index in [-0.39, 0.29) is 29.7 Å². The van der Waals surface area contributed by atoms with E-state index in [1.54, 1.807) is 17.5 Å². The highest BCUT2D eigenvalue weighted by Crippen LogP contribution is 2.31. The Morgan fingerprint density at radius 2 is 1.87 bits per heavy atom. The number of aromatic hydroxyl groups is 1. The summed E-state index contributed by atoms with van der Waals surface area (Å²) in [5.74, 6) is -0.706. The van der Waals surface area contributed by atoms with Crippen LogP contribution in [0.5, 0.6) is 5.75 Å². The van der Waals surface area contributed by atoms with Gasteiger partial charge < -0.3 is 26.0 Å². The topological polar surface area (TPSA) is 141 Å². The third-order valence-corrected chi connectivity index (χ3v) is 8.00. The van der Waals surface area contributed by atoms with Crippen LogP contribution in [-0.2, 0) is 22.4 Å². The number of carbonyl (C=O) groups excluding carboxylic acids is 3. The molecule has 2 aromatic heterocycles. The molecule has 5 N–H and O–H groups in total. The third-order valence-electron chi connectivity index (χ3n) is 6.99. The SMILES string of the molecule is NC(=O)C(Cc1ccc(O)cc1)NC(=O)c1csc(C2CCN(C(=O)Cc3c[nH]c4ccccc34)CC2)n1. The molecule has 10 heteroatoms. The Kier molecular flexibility index (Phi) is 7.41. The van der Waals surface area contributed by atoms with E-state index in [1.807, 2.05) is 35.4 Å². The van der Waals surface area contributed by atoms with E-state index in [9.17, 15) is 19.5 Å². The lowest BCUT2D eigenvalue weighted by Crippen LogP contribution is -2.46. The van der Waals surface area contributed by atoms with Crippen molar-refractivity contribution in [3.8, 4) is 5.75 Å². The number of amides is 3. The van der Waals surface area contributed by atoms with Crippen molar-refractivity contribution in [3.63, 3.8) is 0 Å². The van der Waals surface area contributed by atoms with Gasteiger partial charge in [-0.2, -0.15) is 0 Å². The number of nitrogens with zero attached hydrogens (tertiary/aromatic N) is 2. The van der Waals surface area contributed by atoms with Gasteiger partial charge in [0.25, 0.3) is 5.91 Å². The molecule has 3 amide bonds. The Hall–Kier alpha value is -4.18. The highest BCUT2D eigenvalue weighted by Gasteiger charge is 2.27. The molecule has 9 nitrogen and oxygen atoms in total. The van der Waals surface area contributed by atoms with Gasteiger partial charge in [-0.3, -0.25) is 14.4 Å². The number of benzene rings is 2. The van der Waals surface area contributed by atoms with Crippen LogP contribution in [0, 0.1) is 0 Å². The van der Waals surface area contributed by atoms with Gasteiger partial charge in [-0.15, -0.1) is 11.3 Å². The average Bonchev–Trinajstić information content (AvgIpc) is 3.58. The van der Waals surface area contributed by atoms with Crippen molar-refractivity contribution in [1.29, 1.82) is 0 Å². The van der Waals surface area contributed by atoms with E-state index in [4.69, 9.17) is 5.73 Å². The number of phenolic OH excluding ortho intramolecular Hbond substituents is 1. The Morgan fingerprint density at radius 1 is 1.13 bits per heavy atom. The summed E-state index contributed by atoms with van der Waals surface area (Å²) >= 11 is 1.42. The van der Waals surface area contributed by atoms with Crippen molar-refractivity contribution >= 4 is 40.0 Å². The predicted octanol–water partition coefficient (Wildman–Crippen LogP) is 3.11. The van der Waals surface area contributed by atoms with Crippen molar-refractivity contribution in [3.05, 3.63) is 81.9 Å². The monoisotopic (exact) mass is 531 g/mol. The summed E-state index contributed by atoms with van der Waals surface area (Å²) in [5, 5.41) is 15.7. The number of para-hydroxylation sites is 1. The summed E-state index contributed by atoms with van der Waals surface area (Å²) in [7, 11) is 0. The average molecular weight is 532 g/mol. The van der Waals surface area contributed by atoms with Crippen LogP contribution in [0.2, 0.25) is 0 Å². The van der Waals surface area contributed by atoms with Gasteiger partial charge in [-0.05, 0) is 42.2 Å². The van der Waals surface area contributed by atoms with Crippen molar-refractivity contribution in [2.45, 2.75) is 37.6 Å². The van der Waals surface area contributed by atoms with Gasteiger partial charge >= 0.3 is 0 Å². The molecular weight excluding hydrogens is 502 g/mol. The molecular formula is C28H29N5O4S. The lowest BCUT2D eigenvalue weighted by atomic mass is 9.97. The van der Waals surface area contributed by atoms with E-state index < -0.39 is 17.9 Å². The Bertz CT molecular complexity index is 1450. The Morgan fingerprint density at radius 3 is 2.61 bits per heavy atom. The number of aromatic amines is 1. The molecule has 2 aromatic carbocycles. The number of aromatic nitrogens is 2. The summed E-state index contributed by atoms with van der Waals surface area (Å²) in [6, 6.07) is 13.5. The first-order valence-corrected chi connectivity index (χ1v) is 13.4. The fourth-order valence-electron chi connectivity index (χ4n) is 4.83. The van der Waals surface area contributed by atoms with E-state index in [1.165, 1.54) is 23.5 Å². The maximum absolute atomic E-state index is 12.9. The molecule has 0 spiro atoms. The smallest absolute Gasteiger partial charge is 0.271 e. The second-order valence-electron chi connectivity index (χ2n) is 9.56. The fraction of sp³-hybridized carbons (Fsp3) is 0.286. The zero-order valence-electron chi connectivity index (χ0n) is 20.7. The van der Waals surface area contributed by atoms with Gasteiger partial charge in [0.2, 0.25) is 11.8 Å². The fourth-order valence-corrected chi connectivity index (χ4v) is 5.80. The highest BCUT2D eigenvalue weighted by atomic mass is 32.1. The molecule has 38 heavy (non-hydrogen) atoms. The van der Waals surface area contributed by atoms with Gasteiger partial charge in [-0.1, -0.05) is 30.3 Å². The van der Waals surface area contributed by atoms with Crippen LogP contribution in [0.4, 0.5) is 0 Å². The number of nitrogens with two attached hydrogens (primary N) is 1. The number of rotatable bonds is 8. The van der Waals surface area contributed by atoms with Crippen molar-refractivity contribution in [2.24, 2.45) is 5.73 Å². The quantitative estimate of drug-likeness (QED) is 0.276. The number of phenols is 1. The minimum Gasteiger partial charge on any atom is -0.508 e.